The van der Waals surface area contributed by atoms with Gasteiger partial charge < -0.3 is 26.1 Å². The lowest BCUT2D eigenvalue weighted by Gasteiger charge is -2.12. The first-order valence-electron chi connectivity index (χ1n) is 10.7. The first kappa shape index (κ1) is 27.7. The van der Waals surface area contributed by atoms with E-state index in [1.807, 2.05) is 47.4 Å². The Morgan fingerprint density at radius 1 is 1.16 bits per heavy atom. The second-order valence-corrected chi connectivity index (χ2v) is 7.67. The number of hydrogen-bond acceptors (Lipinski definition) is 7. The second kappa shape index (κ2) is 11.9. The number of nitrogens with two attached hydrogens (primary N) is 3. The number of nitrogens with one attached hydrogen (secondary N) is 1. The highest BCUT2D eigenvalue weighted by Crippen LogP contribution is 2.32. The van der Waals surface area contributed by atoms with Gasteiger partial charge in [0, 0.05) is 35.9 Å². The van der Waals surface area contributed by atoms with Gasteiger partial charge in [0.15, 0.2) is 0 Å². The van der Waals surface area contributed by atoms with Crippen molar-refractivity contribution in [3.05, 3.63) is 78.1 Å². The lowest BCUT2D eigenvalue weighted by Crippen LogP contribution is -2.32. The maximum atomic E-state index is 12.7. The van der Waals surface area contributed by atoms with Gasteiger partial charge in [-0.2, -0.15) is 13.2 Å². The predicted molar refractivity (Wildman–Crippen MR) is 132 cm³/mol. The molecule has 11 nitrogen and oxygen atoms in total. The number of guanidine groups is 1. The highest BCUT2D eigenvalue weighted by Gasteiger charge is 2.34. The van der Waals surface area contributed by atoms with Crippen LogP contribution >= 0.6 is 0 Å². The molecule has 0 fully saturated rings. The lowest BCUT2D eigenvalue weighted by molar-refractivity contribution is -0.140. The van der Waals surface area contributed by atoms with Crippen molar-refractivity contribution in [1.29, 1.82) is 0 Å². The Morgan fingerprint density at radius 2 is 1.92 bits per heavy atom. The number of halogens is 4. The van der Waals surface area contributed by atoms with Crippen molar-refractivity contribution in [2.75, 3.05) is 5.32 Å². The van der Waals surface area contributed by atoms with Crippen LogP contribution < -0.4 is 27.4 Å². The first-order chi connectivity index (χ1) is 18.0. The van der Waals surface area contributed by atoms with E-state index in [2.05, 4.69) is 15.1 Å². The zero-order valence-electron chi connectivity index (χ0n) is 19.9. The smallest absolute Gasteiger partial charge is 0.419 e. The monoisotopic (exact) mass is 533 g/mol. The number of amides is 1. The van der Waals surface area contributed by atoms with E-state index in [1.165, 1.54) is 6.33 Å². The quantitative estimate of drug-likeness (QED) is 0.0704. The molecule has 0 spiro atoms. The fourth-order valence-corrected chi connectivity index (χ4v) is 3.21. The van der Waals surface area contributed by atoms with E-state index >= 15 is 0 Å². The van der Waals surface area contributed by atoms with Crippen LogP contribution in [0.4, 0.5) is 23.2 Å². The molecule has 200 valence electrons. The molecule has 4 aromatic rings. The van der Waals surface area contributed by atoms with Crippen LogP contribution in [0.2, 0.25) is 0 Å². The SMILES string of the molecule is Cn1ccc2cc(Oc3cc(CN(N)N=C(N)N)ncn3)ccc21.O=CNc1ccc(F)c(C(F)(F)F)c1. The average molecular weight is 533 g/mol. The third-order valence-corrected chi connectivity index (χ3v) is 4.84. The van der Waals surface area contributed by atoms with Crippen LogP contribution in [-0.4, -0.2) is 32.0 Å². The summed E-state index contributed by atoms with van der Waals surface area (Å²) in [7, 11) is 1.99. The number of anilines is 1. The number of carbonyl (C=O) groups is 1. The molecule has 7 N–H and O–H groups in total. The van der Waals surface area contributed by atoms with Gasteiger partial charge >= 0.3 is 6.18 Å². The highest BCUT2D eigenvalue weighted by molar-refractivity contribution is 5.81. The minimum Gasteiger partial charge on any atom is -0.439 e. The molecule has 0 unspecified atom stereocenters. The molecule has 1 amide bonds. The molecule has 4 rings (SSSR count). The van der Waals surface area contributed by atoms with Crippen molar-refractivity contribution < 1.29 is 27.1 Å². The summed E-state index contributed by atoms with van der Waals surface area (Å²) in [5.41, 5.74) is 10.8. The van der Waals surface area contributed by atoms with Gasteiger partial charge in [0.1, 0.15) is 17.9 Å². The third-order valence-electron chi connectivity index (χ3n) is 4.84. The van der Waals surface area contributed by atoms with Gasteiger partial charge in [0.25, 0.3) is 0 Å². The van der Waals surface area contributed by atoms with Gasteiger partial charge in [-0.15, -0.1) is 5.10 Å². The molecule has 2 aromatic carbocycles. The van der Waals surface area contributed by atoms with Gasteiger partial charge in [-0.1, -0.05) is 0 Å². The molecule has 0 aliphatic heterocycles. The summed E-state index contributed by atoms with van der Waals surface area (Å²) in [6.07, 6.45) is -1.15. The number of hydrogen-bond donors (Lipinski definition) is 4. The molecule has 2 aromatic heterocycles. The summed E-state index contributed by atoms with van der Waals surface area (Å²) in [6.45, 7) is 0.217. The van der Waals surface area contributed by atoms with Crippen molar-refractivity contribution in [2.24, 2.45) is 29.5 Å². The minimum atomic E-state index is -4.76. The number of rotatable bonds is 7. The number of fused-ring (bicyclic) bond motifs is 1. The second-order valence-electron chi connectivity index (χ2n) is 7.67. The normalized spacial score (nSPS) is 10.8. The van der Waals surface area contributed by atoms with E-state index in [0.717, 1.165) is 22.1 Å². The van der Waals surface area contributed by atoms with Gasteiger partial charge in [-0.3, -0.25) is 4.79 Å². The number of carbonyl (C=O) groups excluding carboxylic acids is 1. The third kappa shape index (κ3) is 7.54. The van der Waals surface area contributed by atoms with Crippen molar-refractivity contribution in [1.82, 2.24) is 19.7 Å². The summed E-state index contributed by atoms with van der Waals surface area (Å²) in [5.74, 6) is 5.26. The topological polar surface area (TPSA) is 163 Å². The van der Waals surface area contributed by atoms with Crippen LogP contribution in [-0.2, 0) is 24.6 Å². The van der Waals surface area contributed by atoms with Gasteiger partial charge in [-0.05, 0) is 42.5 Å². The number of aromatic nitrogens is 3. The molecular formula is C23H23F4N9O2. The number of nitrogens with zero attached hydrogens (tertiary/aromatic N) is 5. The highest BCUT2D eigenvalue weighted by atomic mass is 19.4. The van der Waals surface area contributed by atoms with E-state index in [1.54, 1.807) is 6.07 Å². The van der Waals surface area contributed by atoms with E-state index in [9.17, 15) is 22.4 Å². The standard InChI is InChI=1S/C15H18N8O.C8H5F4NO/c1-22-5-4-10-6-12(2-3-13(10)22)24-14-7-11(19-9-20-14)8-23(18)21-15(16)17;9-7-2-1-5(13-4-14)3-6(7)8(10,11)12/h2-7,9H,8,18H2,1H3,(H4,16,17,21);1-4H,(H,13,14). The number of benzene rings is 2. The zero-order valence-corrected chi connectivity index (χ0v) is 19.9. The van der Waals surface area contributed by atoms with Crippen LogP contribution in [0, 0.1) is 5.82 Å². The van der Waals surface area contributed by atoms with E-state index < -0.39 is 17.6 Å². The summed E-state index contributed by atoms with van der Waals surface area (Å²) in [4.78, 5) is 18.2. The Bertz CT molecular complexity index is 1440. The van der Waals surface area contributed by atoms with Crippen LogP contribution in [0.25, 0.3) is 10.9 Å². The molecule has 0 bridgehead atoms. The van der Waals surface area contributed by atoms with Gasteiger partial charge in [0.05, 0.1) is 17.8 Å². The maximum absolute atomic E-state index is 12.7. The Labute approximate surface area is 213 Å². The van der Waals surface area contributed by atoms with Crippen molar-refractivity contribution in [2.45, 2.75) is 12.7 Å². The predicted octanol–water partition coefficient (Wildman–Crippen LogP) is 3.04. The largest absolute Gasteiger partial charge is 0.439 e. The van der Waals surface area contributed by atoms with Gasteiger partial charge in [0.2, 0.25) is 18.2 Å². The average Bonchev–Trinajstić information content (AvgIpc) is 3.20. The van der Waals surface area contributed by atoms with E-state index in [4.69, 9.17) is 22.0 Å². The minimum absolute atomic E-state index is 0.103. The van der Waals surface area contributed by atoms with Crippen LogP contribution in [0.15, 0.2) is 66.2 Å². The number of aryl methyl sites for hydroxylation is 1. The van der Waals surface area contributed by atoms with Crippen molar-refractivity contribution >= 4 is 29.0 Å². The molecule has 2 heterocycles. The first-order valence-corrected chi connectivity index (χ1v) is 10.7. The Kier molecular flexibility index (Phi) is 8.65. The van der Waals surface area contributed by atoms with Crippen LogP contribution in [0.1, 0.15) is 11.3 Å². The number of alkyl halides is 3. The summed E-state index contributed by atoms with van der Waals surface area (Å²) >= 11 is 0. The molecule has 0 aliphatic carbocycles. The molecule has 0 atom stereocenters. The number of hydrazone groups is 1. The Hall–Kier alpha value is -4.92. The van der Waals surface area contributed by atoms with Crippen molar-refractivity contribution in [3.8, 4) is 11.6 Å². The van der Waals surface area contributed by atoms with Gasteiger partial charge in [-0.25, -0.2) is 25.3 Å². The number of ether oxygens (including phenoxy) is 1. The maximum Gasteiger partial charge on any atom is 0.419 e. The summed E-state index contributed by atoms with van der Waals surface area (Å²) in [5, 5.41) is 7.89. The summed E-state index contributed by atoms with van der Waals surface area (Å²) < 4.78 is 56.8. The summed E-state index contributed by atoms with van der Waals surface area (Å²) in [6, 6.07) is 11.8. The fourth-order valence-electron chi connectivity index (χ4n) is 3.21. The Balaban J connectivity index is 0.000000244. The molecule has 0 aliphatic rings. The van der Waals surface area contributed by atoms with Crippen LogP contribution in [0.5, 0.6) is 11.6 Å². The van der Waals surface area contributed by atoms with E-state index in [0.29, 0.717) is 29.5 Å². The van der Waals surface area contributed by atoms with Crippen LogP contribution in [0.3, 0.4) is 0 Å². The lowest BCUT2D eigenvalue weighted by atomic mass is 10.2. The molecule has 0 saturated carbocycles. The zero-order chi connectivity index (χ0) is 27.9. The number of hydrazine groups is 1. The fraction of sp³-hybridized carbons (Fsp3) is 0.130. The molecule has 15 heteroatoms. The van der Waals surface area contributed by atoms with E-state index in [-0.39, 0.29) is 24.6 Å². The molecule has 0 radical (unpaired) electrons. The molecule has 38 heavy (non-hydrogen) atoms. The Morgan fingerprint density at radius 3 is 2.61 bits per heavy atom. The molecule has 0 saturated heterocycles. The van der Waals surface area contributed by atoms with Crippen molar-refractivity contribution in [3.63, 3.8) is 0 Å². The molecular weight excluding hydrogens is 510 g/mol.